The molecule has 4 aromatic rings. The van der Waals surface area contributed by atoms with E-state index in [0.717, 1.165) is 32.5 Å². The van der Waals surface area contributed by atoms with E-state index < -0.39 is 0 Å². The van der Waals surface area contributed by atoms with Gasteiger partial charge in [-0.1, -0.05) is 0 Å². The van der Waals surface area contributed by atoms with Crippen LogP contribution in [0.4, 0.5) is 0 Å². The van der Waals surface area contributed by atoms with Crippen LogP contribution >= 0.6 is 11.3 Å². The highest BCUT2D eigenvalue weighted by Gasteiger charge is 2.11. The molecule has 0 unspecified atom stereocenters. The largest absolute Gasteiger partial charge is 0.249 e. The lowest BCUT2D eigenvalue weighted by atomic mass is 10.3. The van der Waals surface area contributed by atoms with Crippen molar-refractivity contribution in [2.75, 3.05) is 0 Å². The molecule has 0 saturated heterocycles. The van der Waals surface area contributed by atoms with E-state index in [9.17, 15) is 0 Å². The van der Waals surface area contributed by atoms with Gasteiger partial charge < -0.3 is 0 Å². The smallest absolute Gasteiger partial charge is 0.181 e. The summed E-state index contributed by atoms with van der Waals surface area (Å²) in [6.45, 7) is 3.96. The standard InChI is InChI=1S/C14H12N6S/c1-9-3-4-19-14(18-9)12(6-17-19)20-8-11(5-16-20)13-7-15-10(2)21-13/h3-8H,1-2H3. The first-order chi connectivity index (χ1) is 10.2. The van der Waals surface area contributed by atoms with E-state index in [2.05, 4.69) is 20.2 Å². The quantitative estimate of drug-likeness (QED) is 0.570. The summed E-state index contributed by atoms with van der Waals surface area (Å²) in [4.78, 5) is 9.92. The maximum Gasteiger partial charge on any atom is 0.181 e. The lowest BCUT2D eigenvalue weighted by molar-refractivity contribution is 0.883. The second-order valence-corrected chi connectivity index (χ2v) is 6.02. The van der Waals surface area contributed by atoms with Gasteiger partial charge in [0.2, 0.25) is 0 Å². The van der Waals surface area contributed by atoms with Gasteiger partial charge in [0.05, 0.1) is 22.3 Å². The maximum absolute atomic E-state index is 4.53. The summed E-state index contributed by atoms with van der Waals surface area (Å²) in [7, 11) is 0. The van der Waals surface area contributed by atoms with Gasteiger partial charge in [-0.15, -0.1) is 11.3 Å². The van der Waals surface area contributed by atoms with Crippen molar-refractivity contribution in [3.8, 4) is 16.1 Å². The van der Waals surface area contributed by atoms with E-state index in [-0.39, 0.29) is 0 Å². The summed E-state index contributed by atoms with van der Waals surface area (Å²) in [6.07, 6.45) is 9.37. The Morgan fingerprint density at radius 3 is 2.81 bits per heavy atom. The minimum absolute atomic E-state index is 0.796. The fraction of sp³-hybridized carbons (Fsp3) is 0.143. The molecule has 4 aromatic heterocycles. The second kappa shape index (κ2) is 4.49. The SMILES string of the molecule is Cc1ccn2ncc(-n3cc(-c4cnc(C)s4)cn3)c2n1. The Hall–Kier alpha value is -2.54. The minimum atomic E-state index is 0.796. The van der Waals surface area contributed by atoms with Gasteiger partial charge in [0.15, 0.2) is 5.65 Å². The monoisotopic (exact) mass is 296 g/mol. The third kappa shape index (κ3) is 2.02. The van der Waals surface area contributed by atoms with E-state index in [1.807, 2.05) is 44.7 Å². The molecule has 0 saturated carbocycles. The van der Waals surface area contributed by atoms with Crippen LogP contribution in [-0.4, -0.2) is 29.4 Å². The number of hydrogen-bond donors (Lipinski definition) is 0. The van der Waals surface area contributed by atoms with Crippen molar-refractivity contribution in [2.24, 2.45) is 0 Å². The van der Waals surface area contributed by atoms with Crippen LogP contribution in [0, 0.1) is 13.8 Å². The molecule has 0 amide bonds. The van der Waals surface area contributed by atoms with E-state index in [0.29, 0.717) is 0 Å². The fourth-order valence-corrected chi connectivity index (χ4v) is 2.94. The molecule has 21 heavy (non-hydrogen) atoms. The molecule has 0 aromatic carbocycles. The lowest BCUT2D eigenvalue weighted by Crippen LogP contribution is -1.96. The molecule has 4 heterocycles. The highest BCUT2D eigenvalue weighted by Crippen LogP contribution is 2.26. The molecular formula is C14H12N6S. The van der Waals surface area contributed by atoms with Crippen molar-refractivity contribution < 1.29 is 0 Å². The zero-order valence-electron chi connectivity index (χ0n) is 11.6. The fourth-order valence-electron chi connectivity index (χ4n) is 2.19. The van der Waals surface area contributed by atoms with Gasteiger partial charge in [0.25, 0.3) is 0 Å². The van der Waals surface area contributed by atoms with Crippen LogP contribution in [0.2, 0.25) is 0 Å². The average molecular weight is 296 g/mol. The van der Waals surface area contributed by atoms with Crippen molar-refractivity contribution in [1.82, 2.24) is 29.4 Å². The van der Waals surface area contributed by atoms with Gasteiger partial charge in [0.1, 0.15) is 5.69 Å². The Balaban J connectivity index is 1.82. The summed E-state index contributed by atoms with van der Waals surface area (Å²) in [6, 6.07) is 1.93. The zero-order valence-corrected chi connectivity index (χ0v) is 12.4. The topological polar surface area (TPSA) is 60.9 Å². The maximum atomic E-state index is 4.53. The van der Waals surface area contributed by atoms with E-state index in [1.54, 1.807) is 26.7 Å². The molecule has 0 aliphatic heterocycles. The number of nitrogens with zero attached hydrogens (tertiary/aromatic N) is 6. The Kier molecular flexibility index (Phi) is 2.61. The predicted octanol–water partition coefficient (Wildman–Crippen LogP) is 2.66. The summed E-state index contributed by atoms with van der Waals surface area (Å²) in [5, 5.41) is 9.78. The second-order valence-electron chi connectivity index (χ2n) is 4.78. The molecule has 0 bridgehead atoms. The van der Waals surface area contributed by atoms with Crippen LogP contribution in [-0.2, 0) is 0 Å². The van der Waals surface area contributed by atoms with Crippen LogP contribution in [0.3, 0.4) is 0 Å². The lowest BCUT2D eigenvalue weighted by Gasteiger charge is -1.98. The normalized spacial score (nSPS) is 11.3. The number of aryl methyl sites for hydroxylation is 2. The molecule has 7 heteroatoms. The molecule has 104 valence electrons. The van der Waals surface area contributed by atoms with Crippen LogP contribution in [0.25, 0.3) is 21.8 Å². The Bertz CT molecular complexity index is 932. The number of fused-ring (bicyclic) bond motifs is 1. The summed E-state index contributed by atoms with van der Waals surface area (Å²) in [5.41, 5.74) is 3.67. The number of hydrogen-bond acceptors (Lipinski definition) is 5. The van der Waals surface area contributed by atoms with Crippen LogP contribution < -0.4 is 0 Å². The average Bonchev–Trinajstić information content (AvgIpc) is 3.16. The molecule has 0 aliphatic rings. The van der Waals surface area contributed by atoms with Gasteiger partial charge >= 0.3 is 0 Å². The summed E-state index contributed by atoms with van der Waals surface area (Å²) < 4.78 is 3.56. The first-order valence-electron chi connectivity index (χ1n) is 6.49. The van der Waals surface area contributed by atoms with Crippen molar-refractivity contribution in [3.05, 3.63) is 47.8 Å². The third-order valence-electron chi connectivity index (χ3n) is 3.22. The molecule has 4 rings (SSSR count). The first-order valence-corrected chi connectivity index (χ1v) is 7.31. The number of aromatic nitrogens is 6. The van der Waals surface area contributed by atoms with Crippen molar-refractivity contribution in [3.63, 3.8) is 0 Å². The Morgan fingerprint density at radius 2 is 2.00 bits per heavy atom. The molecule has 0 atom stereocenters. The van der Waals surface area contributed by atoms with Crippen molar-refractivity contribution >= 4 is 17.0 Å². The van der Waals surface area contributed by atoms with E-state index in [1.165, 1.54) is 0 Å². The zero-order chi connectivity index (χ0) is 14.4. The number of rotatable bonds is 2. The van der Waals surface area contributed by atoms with Crippen LogP contribution in [0.5, 0.6) is 0 Å². The third-order valence-corrected chi connectivity index (χ3v) is 4.19. The van der Waals surface area contributed by atoms with Crippen LogP contribution in [0.15, 0.2) is 37.1 Å². The molecule has 0 spiro atoms. The minimum Gasteiger partial charge on any atom is -0.249 e. The van der Waals surface area contributed by atoms with Crippen LogP contribution in [0.1, 0.15) is 10.7 Å². The van der Waals surface area contributed by atoms with Gasteiger partial charge in [-0.2, -0.15) is 10.2 Å². The van der Waals surface area contributed by atoms with E-state index in [4.69, 9.17) is 0 Å². The van der Waals surface area contributed by atoms with Gasteiger partial charge in [-0.25, -0.2) is 19.2 Å². The Morgan fingerprint density at radius 1 is 1.10 bits per heavy atom. The molecule has 0 N–H and O–H groups in total. The predicted molar refractivity (Wildman–Crippen MR) is 80.7 cm³/mol. The molecule has 6 nitrogen and oxygen atoms in total. The first kappa shape index (κ1) is 12.2. The van der Waals surface area contributed by atoms with Crippen molar-refractivity contribution in [1.29, 1.82) is 0 Å². The summed E-state index contributed by atoms with van der Waals surface area (Å²) in [5.74, 6) is 0. The van der Waals surface area contributed by atoms with Gasteiger partial charge in [-0.3, -0.25) is 0 Å². The molecule has 0 aliphatic carbocycles. The Labute approximate surface area is 124 Å². The summed E-state index contributed by atoms with van der Waals surface area (Å²) >= 11 is 1.66. The van der Waals surface area contributed by atoms with Crippen molar-refractivity contribution in [2.45, 2.75) is 13.8 Å². The number of thiazole rings is 1. The molecular weight excluding hydrogens is 284 g/mol. The van der Waals surface area contributed by atoms with E-state index >= 15 is 0 Å². The van der Waals surface area contributed by atoms with Gasteiger partial charge in [0, 0.05) is 29.8 Å². The van der Waals surface area contributed by atoms with Gasteiger partial charge in [-0.05, 0) is 19.9 Å². The molecule has 0 radical (unpaired) electrons. The molecule has 0 fully saturated rings. The highest BCUT2D eigenvalue weighted by atomic mass is 32.1. The highest BCUT2D eigenvalue weighted by molar-refractivity contribution is 7.15.